The van der Waals surface area contributed by atoms with Crippen molar-refractivity contribution in [3.05, 3.63) is 71.8 Å². The SMILES string of the molecule is CN1N=C2CCN(C(=O)[C@@H](COCc3ccccc3)NC(=O)OC(C)(C)C)CC2(Cc2ccccc2)C1=O. The summed E-state index contributed by atoms with van der Waals surface area (Å²) in [5.74, 6) is -0.455. The van der Waals surface area contributed by atoms with E-state index in [2.05, 4.69) is 10.4 Å². The van der Waals surface area contributed by atoms with Crippen molar-refractivity contribution in [3.63, 3.8) is 0 Å². The quantitative estimate of drug-likeness (QED) is 0.575. The van der Waals surface area contributed by atoms with Crippen LogP contribution in [-0.4, -0.2) is 71.9 Å². The van der Waals surface area contributed by atoms with Gasteiger partial charge in [0.2, 0.25) is 5.91 Å². The number of amides is 3. The van der Waals surface area contributed by atoms with Gasteiger partial charge in [0, 0.05) is 26.6 Å². The van der Waals surface area contributed by atoms with E-state index in [1.54, 1.807) is 32.7 Å². The Morgan fingerprint density at radius 2 is 1.68 bits per heavy atom. The third-order valence-corrected chi connectivity index (χ3v) is 6.65. The minimum Gasteiger partial charge on any atom is -0.444 e. The monoisotopic (exact) mass is 520 g/mol. The lowest BCUT2D eigenvalue weighted by molar-refractivity contribution is -0.141. The smallest absolute Gasteiger partial charge is 0.408 e. The number of likely N-dealkylation sites (tertiary alicyclic amines) is 1. The molecule has 0 aliphatic carbocycles. The van der Waals surface area contributed by atoms with Crippen LogP contribution in [0.4, 0.5) is 4.79 Å². The van der Waals surface area contributed by atoms with Gasteiger partial charge in [0.1, 0.15) is 17.1 Å². The van der Waals surface area contributed by atoms with Gasteiger partial charge in [-0.1, -0.05) is 60.7 Å². The summed E-state index contributed by atoms with van der Waals surface area (Å²) in [5, 5.41) is 8.59. The van der Waals surface area contributed by atoms with E-state index in [-0.39, 0.29) is 25.0 Å². The zero-order valence-corrected chi connectivity index (χ0v) is 22.5. The lowest BCUT2D eigenvalue weighted by Gasteiger charge is -2.40. The highest BCUT2D eigenvalue weighted by Crippen LogP contribution is 2.38. The summed E-state index contributed by atoms with van der Waals surface area (Å²) in [6, 6.07) is 18.4. The average Bonchev–Trinajstić information content (AvgIpc) is 3.12. The Bertz CT molecular complexity index is 1180. The van der Waals surface area contributed by atoms with Gasteiger partial charge in [-0.2, -0.15) is 5.10 Å². The number of hydrazone groups is 1. The minimum absolute atomic E-state index is 0.0377. The van der Waals surface area contributed by atoms with Gasteiger partial charge >= 0.3 is 6.09 Å². The molecule has 2 aliphatic rings. The topological polar surface area (TPSA) is 101 Å². The predicted molar refractivity (Wildman–Crippen MR) is 143 cm³/mol. The third-order valence-electron chi connectivity index (χ3n) is 6.65. The molecule has 2 aromatic rings. The van der Waals surface area contributed by atoms with Crippen LogP contribution in [-0.2, 0) is 32.1 Å². The van der Waals surface area contributed by atoms with Gasteiger partial charge in [0.25, 0.3) is 5.91 Å². The van der Waals surface area contributed by atoms with Gasteiger partial charge in [0.05, 0.1) is 18.9 Å². The molecule has 9 nitrogen and oxygen atoms in total. The van der Waals surface area contributed by atoms with E-state index in [0.29, 0.717) is 26.0 Å². The number of hydrogen-bond acceptors (Lipinski definition) is 6. The summed E-state index contributed by atoms with van der Waals surface area (Å²) < 4.78 is 11.3. The number of rotatable bonds is 8. The first kappa shape index (κ1) is 27.3. The minimum atomic E-state index is -0.977. The average molecular weight is 521 g/mol. The predicted octanol–water partition coefficient (Wildman–Crippen LogP) is 3.39. The number of carbonyl (C=O) groups is 3. The fraction of sp³-hybridized carbons (Fsp3) is 0.448. The molecule has 9 heteroatoms. The molecule has 3 amide bonds. The maximum absolute atomic E-state index is 13.8. The van der Waals surface area contributed by atoms with Crippen molar-refractivity contribution in [2.45, 2.75) is 51.9 Å². The lowest BCUT2D eigenvalue weighted by Crippen LogP contribution is -2.59. The van der Waals surface area contributed by atoms with Crippen molar-refractivity contribution >= 4 is 23.6 Å². The Labute approximate surface area is 223 Å². The van der Waals surface area contributed by atoms with Gasteiger partial charge in [-0.15, -0.1) is 0 Å². The molecule has 2 atom stereocenters. The zero-order chi connectivity index (χ0) is 27.3. The zero-order valence-electron chi connectivity index (χ0n) is 22.5. The molecule has 0 saturated carbocycles. The molecule has 1 saturated heterocycles. The first-order valence-corrected chi connectivity index (χ1v) is 12.9. The molecular weight excluding hydrogens is 484 g/mol. The number of benzene rings is 2. The van der Waals surface area contributed by atoms with Crippen LogP contribution in [0, 0.1) is 5.41 Å². The van der Waals surface area contributed by atoms with E-state index in [1.807, 2.05) is 60.7 Å². The van der Waals surface area contributed by atoms with Crippen molar-refractivity contribution in [2.75, 3.05) is 26.7 Å². The van der Waals surface area contributed by atoms with Gasteiger partial charge < -0.3 is 19.7 Å². The Balaban J connectivity index is 1.53. The lowest BCUT2D eigenvalue weighted by atomic mass is 9.73. The molecule has 2 aliphatic heterocycles. The van der Waals surface area contributed by atoms with E-state index in [1.165, 1.54) is 5.01 Å². The normalized spacial score (nSPS) is 20.0. The highest BCUT2D eigenvalue weighted by molar-refractivity contribution is 6.13. The first-order chi connectivity index (χ1) is 18.1. The third kappa shape index (κ3) is 6.39. The fourth-order valence-electron chi connectivity index (χ4n) is 4.93. The standard InChI is InChI=1S/C29H36N4O5/c1-28(2,3)38-27(36)30-23(19-37-18-22-13-9-6-10-14-22)25(34)33-16-15-24-29(20-33,26(35)32(4)31-24)17-21-11-7-5-8-12-21/h5-14,23H,15-20H2,1-4H3,(H,30,36)/t23-,29?/m1/s1. The van der Waals surface area contributed by atoms with Gasteiger partial charge in [0.15, 0.2) is 0 Å². The van der Waals surface area contributed by atoms with Crippen LogP contribution in [0.3, 0.4) is 0 Å². The molecule has 2 aromatic carbocycles. The molecular formula is C29H36N4O5. The van der Waals surface area contributed by atoms with Gasteiger partial charge in [-0.3, -0.25) is 9.59 Å². The summed E-state index contributed by atoms with van der Waals surface area (Å²) in [6.45, 7) is 6.10. The van der Waals surface area contributed by atoms with Crippen LogP contribution >= 0.6 is 0 Å². The van der Waals surface area contributed by atoms with Crippen LogP contribution < -0.4 is 5.32 Å². The Morgan fingerprint density at radius 3 is 2.32 bits per heavy atom. The second-order valence-corrected chi connectivity index (χ2v) is 10.8. The number of hydrogen-bond donors (Lipinski definition) is 1. The molecule has 0 bridgehead atoms. The molecule has 38 heavy (non-hydrogen) atoms. The summed E-state index contributed by atoms with van der Waals surface area (Å²) in [6.07, 6.45) is 0.210. The Morgan fingerprint density at radius 1 is 1.05 bits per heavy atom. The van der Waals surface area contributed by atoms with Crippen molar-refractivity contribution in [1.29, 1.82) is 0 Å². The first-order valence-electron chi connectivity index (χ1n) is 12.9. The maximum Gasteiger partial charge on any atom is 0.408 e. The van der Waals surface area contributed by atoms with E-state index < -0.39 is 23.2 Å². The van der Waals surface area contributed by atoms with Crippen molar-refractivity contribution in [3.8, 4) is 0 Å². The Hall–Kier alpha value is -3.72. The molecule has 0 radical (unpaired) electrons. The largest absolute Gasteiger partial charge is 0.444 e. The van der Waals surface area contributed by atoms with Gasteiger partial charge in [-0.25, -0.2) is 9.80 Å². The second kappa shape index (κ2) is 11.3. The second-order valence-electron chi connectivity index (χ2n) is 10.8. The van der Waals surface area contributed by atoms with Crippen LogP contribution in [0.1, 0.15) is 38.3 Å². The van der Waals surface area contributed by atoms with Crippen LogP contribution in [0.2, 0.25) is 0 Å². The highest BCUT2D eigenvalue weighted by Gasteiger charge is 2.53. The number of alkyl carbamates (subject to hydrolysis) is 1. The van der Waals surface area contributed by atoms with E-state index in [9.17, 15) is 14.4 Å². The molecule has 0 aromatic heterocycles. The highest BCUT2D eigenvalue weighted by atomic mass is 16.6. The molecule has 1 N–H and O–H groups in total. The molecule has 2 heterocycles. The molecule has 202 valence electrons. The number of nitrogens with one attached hydrogen (secondary N) is 1. The Kier molecular flexibility index (Phi) is 8.16. The van der Waals surface area contributed by atoms with Crippen molar-refractivity contribution in [1.82, 2.24) is 15.2 Å². The number of ether oxygens (including phenoxy) is 2. The van der Waals surface area contributed by atoms with E-state index >= 15 is 0 Å². The summed E-state index contributed by atoms with van der Waals surface area (Å²) in [7, 11) is 1.65. The number of fused-ring (bicyclic) bond motifs is 1. The number of piperidine rings is 1. The van der Waals surface area contributed by atoms with Gasteiger partial charge in [-0.05, 0) is 38.3 Å². The molecule has 0 spiro atoms. The molecule has 1 fully saturated rings. The summed E-state index contributed by atoms with van der Waals surface area (Å²) in [5.41, 5.74) is 1.07. The molecule has 1 unspecified atom stereocenters. The number of nitrogens with zero attached hydrogens (tertiary/aromatic N) is 3. The maximum atomic E-state index is 13.8. The summed E-state index contributed by atoms with van der Waals surface area (Å²) in [4.78, 5) is 41.5. The van der Waals surface area contributed by atoms with Crippen LogP contribution in [0.5, 0.6) is 0 Å². The number of carbonyl (C=O) groups excluding carboxylic acids is 3. The van der Waals surface area contributed by atoms with Crippen LogP contribution in [0.15, 0.2) is 65.8 Å². The van der Waals surface area contributed by atoms with Crippen LogP contribution in [0.25, 0.3) is 0 Å². The van der Waals surface area contributed by atoms with Crippen molar-refractivity contribution < 1.29 is 23.9 Å². The summed E-state index contributed by atoms with van der Waals surface area (Å²) >= 11 is 0. The van der Waals surface area contributed by atoms with E-state index in [0.717, 1.165) is 16.8 Å². The molecule has 4 rings (SSSR count). The fourth-order valence-corrected chi connectivity index (χ4v) is 4.93. The van der Waals surface area contributed by atoms with Crippen molar-refractivity contribution in [2.24, 2.45) is 10.5 Å². The van der Waals surface area contributed by atoms with E-state index in [4.69, 9.17) is 9.47 Å².